The first-order valence-electron chi connectivity index (χ1n) is 9.99. The lowest BCUT2D eigenvalue weighted by molar-refractivity contribution is -0.132. The fraction of sp³-hybridized carbons (Fsp3) is 0.579. The van der Waals surface area contributed by atoms with Crippen molar-refractivity contribution >= 4 is 17.1 Å². The zero-order chi connectivity index (χ0) is 21.6. The minimum Gasteiger partial charge on any atom is -0.425 e. The maximum absolute atomic E-state index is 12.8. The number of fused-ring (bicyclic) bond motifs is 1. The predicted octanol–water partition coefficient (Wildman–Crippen LogP) is 0.346. The Hall–Kier alpha value is -3.24. The van der Waals surface area contributed by atoms with Crippen molar-refractivity contribution in [2.24, 2.45) is 14.1 Å². The number of hydrogen-bond donors (Lipinski definition) is 0. The van der Waals surface area contributed by atoms with Crippen LogP contribution < -0.4 is 11.2 Å². The van der Waals surface area contributed by atoms with E-state index in [4.69, 9.17) is 4.42 Å². The Morgan fingerprint density at radius 2 is 1.87 bits per heavy atom. The molecule has 0 spiro atoms. The molecule has 0 aromatic carbocycles. The van der Waals surface area contributed by atoms with E-state index in [-0.39, 0.29) is 35.5 Å². The SMILES string of the molecule is CC(C)c1nnc(C2CCN(C(=O)Cn3cnc4c3c(=O)n(C)c(=O)n4C)CC2)o1. The lowest BCUT2D eigenvalue weighted by Crippen LogP contribution is -2.41. The molecule has 1 aliphatic heterocycles. The van der Waals surface area contributed by atoms with Crippen LogP contribution in [0, 0.1) is 0 Å². The predicted molar refractivity (Wildman–Crippen MR) is 107 cm³/mol. The number of carbonyl (C=O) groups excluding carboxylic acids is 1. The van der Waals surface area contributed by atoms with Gasteiger partial charge in [0.2, 0.25) is 17.7 Å². The van der Waals surface area contributed by atoms with Gasteiger partial charge in [-0.1, -0.05) is 13.8 Å². The van der Waals surface area contributed by atoms with E-state index in [1.165, 1.54) is 22.5 Å². The minimum absolute atomic E-state index is 0.00728. The number of likely N-dealkylation sites (tertiary alicyclic amines) is 1. The Morgan fingerprint density at radius 3 is 2.50 bits per heavy atom. The third kappa shape index (κ3) is 3.33. The summed E-state index contributed by atoms with van der Waals surface area (Å²) in [6.45, 7) is 5.15. The maximum atomic E-state index is 12.8. The van der Waals surface area contributed by atoms with Crippen LogP contribution in [0.25, 0.3) is 11.2 Å². The first-order valence-corrected chi connectivity index (χ1v) is 9.99. The molecule has 0 unspecified atom stereocenters. The number of piperidine rings is 1. The molecule has 30 heavy (non-hydrogen) atoms. The molecule has 4 rings (SSSR count). The van der Waals surface area contributed by atoms with Crippen molar-refractivity contribution in [3.8, 4) is 0 Å². The number of aromatic nitrogens is 6. The fourth-order valence-corrected chi connectivity index (χ4v) is 3.78. The molecule has 0 saturated carbocycles. The normalized spacial score (nSPS) is 15.4. The van der Waals surface area contributed by atoms with E-state index in [1.807, 2.05) is 13.8 Å². The molecule has 0 bridgehead atoms. The number of hydrogen-bond acceptors (Lipinski definition) is 7. The molecule has 11 heteroatoms. The molecule has 3 aromatic heterocycles. The Balaban J connectivity index is 1.47. The molecule has 11 nitrogen and oxygen atoms in total. The van der Waals surface area contributed by atoms with Gasteiger partial charge in [-0.3, -0.25) is 18.7 Å². The zero-order valence-electron chi connectivity index (χ0n) is 17.5. The van der Waals surface area contributed by atoms with Gasteiger partial charge in [0.05, 0.1) is 6.33 Å². The highest BCUT2D eigenvalue weighted by Crippen LogP contribution is 2.28. The van der Waals surface area contributed by atoms with Crippen LogP contribution >= 0.6 is 0 Å². The topological polar surface area (TPSA) is 121 Å². The summed E-state index contributed by atoms with van der Waals surface area (Å²) in [5.74, 6) is 1.49. The van der Waals surface area contributed by atoms with Gasteiger partial charge in [-0.25, -0.2) is 9.78 Å². The van der Waals surface area contributed by atoms with Crippen molar-refractivity contribution in [1.82, 2.24) is 33.8 Å². The molecule has 0 atom stereocenters. The lowest BCUT2D eigenvalue weighted by atomic mass is 9.97. The smallest absolute Gasteiger partial charge is 0.332 e. The third-order valence-corrected chi connectivity index (χ3v) is 5.67. The van der Waals surface area contributed by atoms with Gasteiger partial charge >= 0.3 is 5.69 Å². The largest absolute Gasteiger partial charge is 0.425 e. The highest BCUT2D eigenvalue weighted by atomic mass is 16.4. The summed E-state index contributed by atoms with van der Waals surface area (Å²) in [7, 11) is 2.96. The van der Waals surface area contributed by atoms with E-state index in [0.717, 1.165) is 17.4 Å². The van der Waals surface area contributed by atoms with Crippen LogP contribution in [0.15, 0.2) is 20.3 Å². The number of imidazole rings is 1. The van der Waals surface area contributed by atoms with E-state index in [0.29, 0.717) is 24.9 Å². The first-order chi connectivity index (χ1) is 14.3. The molecule has 160 valence electrons. The Kier molecular flexibility index (Phi) is 5.04. The monoisotopic (exact) mass is 415 g/mol. The van der Waals surface area contributed by atoms with E-state index < -0.39 is 11.2 Å². The van der Waals surface area contributed by atoms with Gasteiger partial charge in [0.1, 0.15) is 6.54 Å². The number of amides is 1. The van der Waals surface area contributed by atoms with Gasteiger partial charge in [-0.05, 0) is 12.8 Å². The lowest BCUT2D eigenvalue weighted by Gasteiger charge is -2.30. The van der Waals surface area contributed by atoms with Crippen LogP contribution in [-0.4, -0.2) is 52.8 Å². The first kappa shape index (κ1) is 20.0. The zero-order valence-corrected chi connectivity index (χ0v) is 17.5. The minimum atomic E-state index is -0.463. The summed E-state index contributed by atoms with van der Waals surface area (Å²) in [4.78, 5) is 43.4. The molecule has 1 saturated heterocycles. The van der Waals surface area contributed by atoms with E-state index >= 15 is 0 Å². The van der Waals surface area contributed by atoms with Crippen molar-refractivity contribution in [1.29, 1.82) is 0 Å². The molecule has 1 amide bonds. The fourth-order valence-electron chi connectivity index (χ4n) is 3.78. The Morgan fingerprint density at radius 1 is 1.17 bits per heavy atom. The van der Waals surface area contributed by atoms with E-state index in [9.17, 15) is 14.4 Å². The van der Waals surface area contributed by atoms with Crippen molar-refractivity contribution in [3.63, 3.8) is 0 Å². The molecule has 1 fully saturated rings. The van der Waals surface area contributed by atoms with Crippen LogP contribution in [0.2, 0.25) is 0 Å². The summed E-state index contributed by atoms with van der Waals surface area (Å²) in [5.41, 5.74) is -0.399. The van der Waals surface area contributed by atoms with Crippen LogP contribution in [0.4, 0.5) is 0 Å². The van der Waals surface area contributed by atoms with Gasteiger partial charge in [0, 0.05) is 39.0 Å². The van der Waals surface area contributed by atoms with Gasteiger partial charge in [-0.15, -0.1) is 10.2 Å². The Labute approximate surface area is 171 Å². The second kappa shape index (κ2) is 7.54. The molecule has 1 aliphatic rings. The highest BCUT2D eigenvalue weighted by molar-refractivity contribution is 5.79. The van der Waals surface area contributed by atoms with Crippen LogP contribution in [0.3, 0.4) is 0 Å². The molecule has 4 heterocycles. The molecule has 0 radical (unpaired) electrons. The summed E-state index contributed by atoms with van der Waals surface area (Å²) >= 11 is 0. The summed E-state index contributed by atoms with van der Waals surface area (Å²) < 4.78 is 9.59. The second-order valence-electron chi connectivity index (χ2n) is 8.04. The average molecular weight is 415 g/mol. The quantitative estimate of drug-likeness (QED) is 0.602. The molecule has 0 N–H and O–H groups in total. The van der Waals surface area contributed by atoms with E-state index in [2.05, 4.69) is 15.2 Å². The molecular formula is C19H25N7O4. The maximum Gasteiger partial charge on any atom is 0.332 e. The summed E-state index contributed by atoms with van der Waals surface area (Å²) in [5, 5.41) is 8.25. The van der Waals surface area contributed by atoms with Crippen molar-refractivity contribution in [2.45, 2.75) is 45.1 Å². The van der Waals surface area contributed by atoms with Crippen molar-refractivity contribution < 1.29 is 9.21 Å². The Bertz CT molecular complexity index is 1210. The number of rotatable bonds is 4. The summed E-state index contributed by atoms with van der Waals surface area (Å²) in [6, 6.07) is 0. The van der Waals surface area contributed by atoms with Gasteiger partial charge in [-0.2, -0.15) is 0 Å². The van der Waals surface area contributed by atoms with Gasteiger partial charge < -0.3 is 13.9 Å². The summed E-state index contributed by atoms with van der Waals surface area (Å²) in [6.07, 6.45) is 2.92. The number of aryl methyl sites for hydroxylation is 1. The highest BCUT2D eigenvalue weighted by Gasteiger charge is 2.28. The van der Waals surface area contributed by atoms with Gasteiger partial charge in [0.15, 0.2) is 11.2 Å². The molecular weight excluding hydrogens is 390 g/mol. The van der Waals surface area contributed by atoms with Crippen LogP contribution in [0.5, 0.6) is 0 Å². The molecule has 0 aliphatic carbocycles. The standard InChI is InChI=1S/C19H25N7O4/c1-11(2)16-21-22-17(30-16)12-5-7-25(8-6-12)13(27)9-26-10-20-15-14(26)18(28)24(4)19(29)23(15)3/h10-12H,5-9H2,1-4H3. The van der Waals surface area contributed by atoms with Crippen molar-refractivity contribution in [2.75, 3.05) is 13.1 Å². The van der Waals surface area contributed by atoms with Gasteiger partial charge in [0.25, 0.3) is 5.56 Å². The third-order valence-electron chi connectivity index (χ3n) is 5.67. The van der Waals surface area contributed by atoms with Crippen LogP contribution in [0.1, 0.15) is 50.3 Å². The van der Waals surface area contributed by atoms with Crippen molar-refractivity contribution in [3.05, 3.63) is 38.9 Å². The molecule has 3 aromatic rings. The van der Waals surface area contributed by atoms with E-state index in [1.54, 1.807) is 11.9 Å². The number of carbonyl (C=O) groups is 1. The van der Waals surface area contributed by atoms with Crippen LogP contribution in [-0.2, 0) is 25.4 Å². The average Bonchev–Trinajstić information content (AvgIpc) is 3.39. The number of nitrogens with zero attached hydrogens (tertiary/aromatic N) is 7. The second-order valence-corrected chi connectivity index (χ2v) is 8.04.